The second kappa shape index (κ2) is 17.6. The highest BCUT2D eigenvalue weighted by Crippen LogP contribution is 2.36. The Labute approximate surface area is 356 Å². The van der Waals surface area contributed by atoms with Crippen molar-refractivity contribution in [2.75, 3.05) is 32.6 Å². The van der Waals surface area contributed by atoms with E-state index in [9.17, 15) is 29.1 Å². The topological polar surface area (TPSA) is 203 Å². The normalized spacial score (nSPS) is 17.1. The van der Waals surface area contributed by atoms with Crippen LogP contribution in [0.1, 0.15) is 66.3 Å². The van der Waals surface area contributed by atoms with E-state index in [2.05, 4.69) is 20.6 Å². The van der Waals surface area contributed by atoms with Gasteiger partial charge in [0.05, 0.1) is 30.4 Å². The molecule has 2 aliphatic heterocycles. The highest BCUT2D eigenvalue weighted by Gasteiger charge is 2.41. The number of rotatable bonds is 11. The van der Waals surface area contributed by atoms with Crippen molar-refractivity contribution in [2.45, 2.75) is 56.8 Å². The number of likely N-dealkylation sites (N-methyl/N-ethyl adjacent to an activating group) is 1. The number of likely N-dealkylation sites (tertiary alicyclic amines) is 2. The summed E-state index contributed by atoms with van der Waals surface area (Å²) < 4.78 is 11.1. The maximum atomic E-state index is 14.0. The lowest BCUT2D eigenvalue weighted by atomic mass is 10.0. The minimum Gasteiger partial charge on any atom is -0.465 e. The molecular weight excluding hydrogens is 793 g/mol. The molecule has 0 spiro atoms. The van der Waals surface area contributed by atoms with E-state index in [1.54, 1.807) is 59.6 Å². The summed E-state index contributed by atoms with van der Waals surface area (Å²) in [4.78, 5) is 83.1. The summed E-state index contributed by atoms with van der Waals surface area (Å²) in [6.45, 7) is 2.69. The molecule has 0 saturated carbocycles. The predicted molar refractivity (Wildman–Crippen MR) is 229 cm³/mol. The van der Waals surface area contributed by atoms with Crippen LogP contribution >= 0.6 is 0 Å². The largest absolute Gasteiger partial charge is 0.465 e. The van der Waals surface area contributed by atoms with E-state index in [0.29, 0.717) is 83.3 Å². The first kappa shape index (κ1) is 41.3. The van der Waals surface area contributed by atoms with Gasteiger partial charge >= 0.3 is 12.2 Å². The van der Waals surface area contributed by atoms with Crippen molar-refractivity contribution in [3.05, 3.63) is 126 Å². The molecular formula is C46H46N8O8. The minimum absolute atomic E-state index is 0.259. The molecule has 4 aromatic carbocycles. The maximum absolute atomic E-state index is 14.0. The van der Waals surface area contributed by atoms with Gasteiger partial charge in [-0.25, -0.2) is 19.6 Å². The van der Waals surface area contributed by atoms with Crippen molar-refractivity contribution < 1.29 is 38.2 Å². The lowest BCUT2D eigenvalue weighted by Crippen LogP contribution is -2.49. The summed E-state index contributed by atoms with van der Waals surface area (Å²) in [6, 6.07) is 25.7. The van der Waals surface area contributed by atoms with Crippen molar-refractivity contribution in [3.63, 3.8) is 0 Å². The van der Waals surface area contributed by atoms with Gasteiger partial charge in [0, 0.05) is 37.0 Å². The highest BCUT2D eigenvalue weighted by molar-refractivity contribution is 5.99. The number of carboxylic acid groups (broad SMARTS) is 1. The lowest BCUT2D eigenvalue weighted by Gasteiger charge is -2.32. The van der Waals surface area contributed by atoms with Crippen LogP contribution in [-0.2, 0) is 19.1 Å². The van der Waals surface area contributed by atoms with Gasteiger partial charge in [0.15, 0.2) is 5.76 Å². The van der Waals surface area contributed by atoms with Crippen LogP contribution in [-0.4, -0.2) is 98.0 Å². The Morgan fingerprint density at radius 3 is 2.29 bits per heavy atom. The number of aromatic nitrogens is 3. The number of amides is 5. The predicted octanol–water partition coefficient (Wildman–Crippen LogP) is 7.23. The van der Waals surface area contributed by atoms with Gasteiger partial charge in [0.1, 0.15) is 23.9 Å². The molecule has 318 valence electrons. The number of nitrogens with zero attached hydrogens (tertiary/aromatic N) is 5. The molecule has 0 unspecified atom stereocenters. The van der Waals surface area contributed by atoms with E-state index in [1.807, 2.05) is 55.5 Å². The molecule has 4 N–H and O–H groups in total. The first-order valence-electron chi connectivity index (χ1n) is 20.4. The summed E-state index contributed by atoms with van der Waals surface area (Å²) in [5.74, 6) is 0.371. The maximum Gasteiger partial charge on any atom is 0.407 e. The molecule has 62 heavy (non-hydrogen) atoms. The summed E-state index contributed by atoms with van der Waals surface area (Å²) in [5, 5.41) is 15.5. The number of ether oxygens (including phenoxy) is 1. The molecule has 2 fully saturated rings. The number of nitrogens with one attached hydrogen (secondary N) is 3. The third-order valence-corrected chi connectivity index (χ3v) is 11.6. The fraction of sp³-hybridized carbons (Fsp3) is 0.283. The first-order chi connectivity index (χ1) is 30.0. The van der Waals surface area contributed by atoms with Crippen LogP contribution in [0.3, 0.4) is 0 Å². The molecule has 6 aromatic rings. The van der Waals surface area contributed by atoms with Crippen LogP contribution in [0.5, 0.6) is 0 Å². The zero-order valence-electron chi connectivity index (χ0n) is 34.4. The zero-order chi connectivity index (χ0) is 43.5. The molecule has 0 aliphatic carbocycles. The number of methoxy groups -OCH3 is 1. The third kappa shape index (κ3) is 8.31. The number of hydrogen-bond acceptors (Lipinski definition) is 9. The molecule has 4 atom stereocenters. The fourth-order valence-corrected chi connectivity index (χ4v) is 8.32. The van der Waals surface area contributed by atoms with Gasteiger partial charge in [-0.15, -0.1) is 0 Å². The Morgan fingerprint density at radius 2 is 1.56 bits per heavy atom. The van der Waals surface area contributed by atoms with Crippen LogP contribution in [0.25, 0.3) is 33.8 Å². The summed E-state index contributed by atoms with van der Waals surface area (Å²) >= 11 is 0. The average molecular weight is 839 g/mol. The Morgan fingerprint density at radius 1 is 0.871 bits per heavy atom. The quantitative estimate of drug-likeness (QED) is 0.103. The number of H-pyrrole nitrogens is 1. The minimum atomic E-state index is -1.25. The van der Waals surface area contributed by atoms with Crippen LogP contribution in [0.2, 0.25) is 0 Å². The summed E-state index contributed by atoms with van der Waals surface area (Å²) in [7, 11) is 2.61. The van der Waals surface area contributed by atoms with Crippen molar-refractivity contribution >= 4 is 46.6 Å². The van der Waals surface area contributed by atoms with Crippen molar-refractivity contribution in [1.29, 1.82) is 0 Å². The van der Waals surface area contributed by atoms with E-state index in [-0.39, 0.29) is 17.9 Å². The van der Waals surface area contributed by atoms with Crippen LogP contribution in [0, 0.1) is 6.92 Å². The first-order valence-corrected chi connectivity index (χ1v) is 20.4. The molecule has 8 rings (SSSR count). The smallest absolute Gasteiger partial charge is 0.407 e. The van der Waals surface area contributed by atoms with E-state index < -0.39 is 36.2 Å². The van der Waals surface area contributed by atoms with Crippen molar-refractivity contribution in [3.8, 4) is 22.8 Å². The number of aryl methyl sites for hydroxylation is 1. The standard InChI is InChI=1S/C46H46N8O8/c1-27-18-19-30(24-33(27)50-41(55)36-17-11-23-54(36)44(57)39(52(2)46(59)60)29-14-8-5-9-15-29)37-26-47-42(62-37)31-20-21-32-34(25-31)49-40(48-32)35-16-10-22-53(35)43(56)38(51-45(58)61-3)28-12-6-4-7-13-28/h4-9,12-15,18-21,24-26,35-36,38-39H,10-11,16-17,22-23H2,1-3H3,(H,48,49)(H,50,55)(H,51,58)(H,59,60)/t35-,36-,38+,39+/m0/s1. The molecule has 2 aliphatic rings. The molecule has 0 bridgehead atoms. The fourth-order valence-electron chi connectivity index (χ4n) is 8.32. The molecule has 16 heteroatoms. The summed E-state index contributed by atoms with van der Waals surface area (Å²) in [5.41, 5.74) is 5.29. The number of oxazole rings is 1. The van der Waals surface area contributed by atoms with Crippen molar-refractivity contribution in [2.24, 2.45) is 0 Å². The van der Waals surface area contributed by atoms with Gasteiger partial charge in [-0.3, -0.25) is 19.3 Å². The Balaban J connectivity index is 0.978. The second-order valence-electron chi connectivity index (χ2n) is 15.5. The van der Waals surface area contributed by atoms with Gasteiger partial charge in [0.25, 0.3) is 11.8 Å². The number of aromatic amines is 1. The number of alkyl carbamates (subject to hydrolysis) is 1. The van der Waals surface area contributed by atoms with Crippen LogP contribution in [0.4, 0.5) is 15.3 Å². The van der Waals surface area contributed by atoms with E-state index in [1.165, 1.54) is 19.1 Å². The van der Waals surface area contributed by atoms with Gasteiger partial charge in [-0.1, -0.05) is 72.8 Å². The van der Waals surface area contributed by atoms with Crippen molar-refractivity contribution in [1.82, 2.24) is 35.0 Å². The Kier molecular flexibility index (Phi) is 11.7. The van der Waals surface area contributed by atoms with E-state index in [4.69, 9.17) is 14.1 Å². The Hall–Kier alpha value is -7.49. The highest BCUT2D eigenvalue weighted by atomic mass is 16.5. The number of anilines is 1. The van der Waals surface area contributed by atoms with Gasteiger partial charge < -0.3 is 39.7 Å². The number of hydrogen-bond donors (Lipinski definition) is 4. The zero-order valence-corrected chi connectivity index (χ0v) is 34.4. The third-order valence-electron chi connectivity index (χ3n) is 11.6. The second-order valence-corrected chi connectivity index (χ2v) is 15.5. The summed E-state index contributed by atoms with van der Waals surface area (Å²) in [6.07, 6.45) is 2.14. The van der Waals surface area contributed by atoms with E-state index in [0.717, 1.165) is 22.4 Å². The molecule has 16 nitrogen and oxygen atoms in total. The number of carbonyl (C=O) groups is 5. The number of imidazole rings is 1. The SMILES string of the molecule is COC(=O)N[C@@H](C(=O)N1CCC[C@H]1c1nc2ccc(-c3ncc(-c4ccc(C)c(NC(=O)[C@@H]5CCCN5C(=O)[C@@H](c5ccccc5)N(C)C(=O)O)c4)o3)cc2[nH]1)c1ccccc1. The molecule has 2 aromatic heterocycles. The van der Waals surface area contributed by atoms with Gasteiger partial charge in [-0.05, 0) is 73.6 Å². The van der Waals surface area contributed by atoms with Gasteiger partial charge in [0.2, 0.25) is 11.8 Å². The number of carbonyl (C=O) groups excluding carboxylic acids is 4. The molecule has 0 radical (unpaired) electrons. The molecule has 5 amide bonds. The molecule has 2 saturated heterocycles. The van der Waals surface area contributed by atoms with Gasteiger partial charge in [-0.2, -0.15) is 0 Å². The Bertz CT molecular complexity index is 2630. The van der Waals surface area contributed by atoms with Crippen LogP contribution in [0.15, 0.2) is 108 Å². The number of benzene rings is 4. The van der Waals surface area contributed by atoms with Crippen LogP contribution < -0.4 is 10.6 Å². The average Bonchev–Trinajstić information content (AvgIpc) is 4.13. The lowest BCUT2D eigenvalue weighted by molar-refractivity contribution is -0.140. The molecule has 4 heterocycles. The monoisotopic (exact) mass is 838 g/mol. The van der Waals surface area contributed by atoms with E-state index >= 15 is 0 Å². The number of fused-ring (bicyclic) bond motifs is 1.